The number of benzene rings is 1. The second kappa shape index (κ2) is 7.19. The van der Waals surface area contributed by atoms with Gasteiger partial charge in [0.25, 0.3) is 11.8 Å². The molecule has 1 fully saturated rings. The van der Waals surface area contributed by atoms with Gasteiger partial charge in [-0.15, -0.1) is 0 Å². The normalized spacial score (nSPS) is 15.0. The Hall–Kier alpha value is -3.22. The lowest BCUT2D eigenvalue weighted by atomic mass is 10.1. The number of amides is 2. The molecule has 1 aromatic carbocycles. The van der Waals surface area contributed by atoms with Crippen molar-refractivity contribution in [3.63, 3.8) is 0 Å². The molecule has 3 aromatic rings. The molecular weight excluding hydrogens is 344 g/mol. The maximum absolute atomic E-state index is 12.9. The smallest absolute Gasteiger partial charge is 0.272 e. The highest BCUT2D eigenvalue weighted by atomic mass is 16.3. The molecule has 0 N–H and O–H groups in total. The average molecular weight is 364 g/mol. The van der Waals surface area contributed by atoms with Crippen LogP contribution < -0.4 is 0 Å². The van der Waals surface area contributed by atoms with Crippen molar-refractivity contribution in [2.24, 2.45) is 0 Å². The molecular formula is C20H20N4O3. The highest BCUT2D eigenvalue weighted by Gasteiger charge is 2.24. The molecule has 3 heterocycles. The van der Waals surface area contributed by atoms with Gasteiger partial charge in [-0.3, -0.25) is 14.6 Å². The molecule has 138 valence electrons. The number of carbonyl (C=O) groups excluding carboxylic acids is 2. The highest BCUT2D eigenvalue weighted by molar-refractivity contribution is 5.97. The van der Waals surface area contributed by atoms with E-state index in [0.29, 0.717) is 54.4 Å². The van der Waals surface area contributed by atoms with Crippen molar-refractivity contribution in [2.45, 2.75) is 13.3 Å². The molecule has 0 saturated carbocycles. The van der Waals surface area contributed by atoms with Crippen LogP contribution in [0.5, 0.6) is 0 Å². The quantitative estimate of drug-likeness (QED) is 0.698. The summed E-state index contributed by atoms with van der Waals surface area (Å²) in [4.78, 5) is 37.5. The minimum absolute atomic E-state index is 0.0512. The molecule has 1 saturated heterocycles. The summed E-state index contributed by atoms with van der Waals surface area (Å²) in [5, 5.41) is 0. The third-order valence-electron chi connectivity index (χ3n) is 4.70. The molecule has 7 heteroatoms. The number of carbonyl (C=O) groups is 2. The van der Waals surface area contributed by atoms with Crippen LogP contribution >= 0.6 is 0 Å². The summed E-state index contributed by atoms with van der Waals surface area (Å²) in [5.41, 5.74) is 2.37. The summed E-state index contributed by atoms with van der Waals surface area (Å²) in [6.45, 7) is 3.99. The molecule has 1 aliphatic rings. The van der Waals surface area contributed by atoms with Crippen molar-refractivity contribution >= 4 is 22.9 Å². The molecule has 4 rings (SSSR count). The van der Waals surface area contributed by atoms with Crippen molar-refractivity contribution in [3.8, 4) is 0 Å². The first-order chi connectivity index (χ1) is 13.1. The van der Waals surface area contributed by atoms with E-state index in [-0.39, 0.29) is 11.8 Å². The number of nitrogens with zero attached hydrogens (tertiary/aromatic N) is 4. The van der Waals surface area contributed by atoms with Gasteiger partial charge in [-0.2, -0.15) is 0 Å². The highest BCUT2D eigenvalue weighted by Crippen LogP contribution is 2.18. The third-order valence-corrected chi connectivity index (χ3v) is 4.70. The Balaban J connectivity index is 1.47. The van der Waals surface area contributed by atoms with E-state index in [1.165, 1.54) is 0 Å². The molecule has 0 bridgehead atoms. The van der Waals surface area contributed by atoms with Crippen LogP contribution in [0.25, 0.3) is 11.1 Å². The molecule has 7 nitrogen and oxygen atoms in total. The van der Waals surface area contributed by atoms with Crippen molar-refractivity contribution in [1.82, 2.24) is 19.8 Å². The number of oxazole rings is 1. The second-order valence-electron chi connectivity index (χ2n) is 6.57. The predicted molar refractivity (Wildman–Crippen MR) is 99.4 cm³/mol. The van der Waals surface area contributed by atoms with E-state index in [9.17, 15) is 9.59 Å². The fourth-order valence-electron chi connectivity index (χ4n) is 3.33. The lowest BCUT2D eigenvalue weighted by Crippen LogP contribution is -2.37. The van der Waals surface area contributed by atoms with Crippen LogP contribution in [0.3, 0.4) is 0 Å². The first-order valence-corrected chi connectivity index (χ1v) is 8.98. The van der Waals surface area contributed by atoms with E-state index in [1.54, 1.807) is 59.3 Å². The van der Waals surface area contributed by atoms with Crippen LogP contribution in [0.2, 0.25) is 0 Å². The van der Waals surface area contributed by atoms with Crippen molar-refractivity contribution in [3.05, 3.63) is 59.7 Å². The number of fused-ring (bicyclic) bond motifs is 1. The van der Waals surface area contributed by atoms with E-state index in [2.05, 4.69) is 9.97 Å². The van der Waals surface area contributed by atoms with Gasteiger partial charge in [-0.25, -0.2) is 4.98 Å². The SMILES string of the molecule is Cc1nc2cc(C(=O)N3CCCN(C(=O)c4ccccn4)CC3)ccc2o1. The molecule has 2 aromatic heterocycles. The van der Waals surface area contributed by atoms with E-state index in [4.69, 9.17) is 4.42 Å². The van der Waals surface area contributed by atoms with Gasteiger partial charge >= 0.3 is 0 Å². The zero-order valence-electron chi connectivity index (χ0n) is 15.1. The summed E-state index contributed by atoms with van der Waals surface area (Å²) in [6, 6.07) is 10.6. The van der Waals surface area contributed by atoms with Crippen LogP contribution in [0, 0.1) is 6.92 Å². The third kappa shape index (κ3) is 3.53. The van der Waals surface area contributed by atoms with Crippen LogP contribution in [0.1, 0.15) is 33.2 Å². The number of hydrogen-bond donors (Lipinski definition) is 0. The summed E-state index contributed by atoms with van der Waals surface area (Å²) < 4.78 is 5.46. The van der Waals surface area contributed by atoms with Crippen LogP contribution in [-0.2, 0) is 0 Å². The summed E-state index contributed by atoms with van der Waals surface area (Å²) in [5.74, 6) is 0.433. The molecule has 0 atom stereocenters. The summed E-state index contributed by atoms with van der Waals surface area (Å²) in [6.07, 6.45) is 2.35. The fraction of sp³-hybridized carbons (Fsp3) is 0.300. The van der Waals surface area contributed by atoms with E-state index in [1.807, 2.05) is 0 Å². The van der Waals surface area contributed by atoms with Gasteiger partial charge in [-0.05, 0) is 36.8 Å². The van der Waals surface area contributed by atoms with Crippen molar-refractivity contribution in [1.29, 1.82) is 0 Å². The Morgan fingerprint density at radius 2 is 1.78 bits per heavy atom. The second-order valence-corrected chi connectivity index (χ2v) is 6.57. The van der Waals surface area contributed by atoms with Gasteiger partial charge in [-0.1, -0.05) is 6.07 Å². The number of aryl methyl sites for hydroxylation is 1. The van der Waals surface area contributed by atoms with Crippen molar-refractivity contribution in [2.75, 3.05) is 26.2 Å². The van der Waals surface area contributed by atoms with Crippen LogP contribution in [0.15, 0.2) is 47.0 Å². The van der Waals surface area contributed by atoms with Gasteiger partial charge < -0.3 is 14.2 Å². The zero-order chi connectivity index (χ0) is 18.8. The van der Waals surface area contributed by atoms with Gasteiger partial charge in [0.1, 0.15) is 11.2 Å². The Morgan fingerprint density at radius 3 is 2.52 bits per heavy atom. The first kappa shape index (κ1) is 17.2. The number of rotatable bonds is 2. The average Bonchev–Trinajstić information content (AvgIpc) is 2.90. The predicted octanol–water partition coefficient (Wildman–Crippen LogP) is 2.52. The van der Waals surface area contributed by atoms with Crippen molar-refractivity contribution < 1.29 is 14.0 Å². The molecule has 1 aliphatic heterocycles. The van der Waals surface area contributed by atoms with Gasteiger partial charge in [0, 0.05) is 44.9 Å². The standard InChI is InChI=1S/C20H20N4O3/c1-14-22-17-13-15(6-7-18(17)27-14)19(25)23-9-4-10-24(12-11-23)20(26)16-5-2-3-8-21-16/h2-3,5-8,13H,4,9-12H2,1H3. The number of aromatic nitrogens is 2. The topological polar surface area (TPSA) is 79.5 Å². The lowest BCUT2D eigenvalue weighted by Gasteiger charge is -2.22. The molecule has 0 radical (unpaired) electrons. The van der Waals surface area contributed by atoms with Crippen LogP contribution in [0.4, 0.5) is 0 Å². The largest absolute Gasteiger partial charge is 0.441 e. The van der Waals surface area contributed by atoms with E-state index in [0.717, 1.165) is 6.42 Å². The maximum atomic E-state index is 12.9. The maximum Gasteiger partial charge on any atom is 0.272 e. The lowest BCUT2D eigenvalue weighted by molar-refractivity contribution is 0.0716. The summed E-state index contributed by atoms with van der Waals surface area (Å²) in [7, 11) is 0. The Bertz CT molecular complexity index is 983. The van der Waals surface area contributed by atoms with Crippen LogP contribution in [-0.4, -0.2) is 57.8 Å². The van der Waals surface area contributed by atoms with E-state index >= 15 is 0 Å². The van der Waals surface area contributed by atoms with Gasteiger partial charge in [0.05, 0.1) is 0 Å². The summed E-state index contributed by atoms with van der Waals surface area (Å²) >= 11 is 0. The Kier molecular flexibility index (Phi) is 4.58. The Labute approximate surface area is 156 Å². The van der Waals surface area contributed by atoms with Gasteiger partial charge in [0.2, 0.25) is 0 Å². The Morgan fingerprint density at radius 1 is 1.00 bits per heavy atom. The molecule has 0 unspecified atom stereocenters. The molecule has 0 aliphatic carbocycles. The minimum atomic E-state index is -0.0932. The minimum Gasteiger partial charge on any atom is -0.441 e. The number of pyridine rings is 1. The fourth-order valence-corrected chi connectivity index (χ4v) is 3.33. The monoisotopic (exact) mass is 364 g/mol. The molecule has 27 heavy (non-hydrogen) atoms. The van der Waals surface area contributed by atoms with Gasteiger partial charge in [0.15, 0.2) is 11.5 Å². The zero-order valence-corrected chi connectivity index (χ0v) is 15.1. The molecule has 2 amide bonds. The number of hydrogen-bond acceptors (Lipinski definition) is 5. The molecule has 0 spiro atoms. The first-order valence-electron chi connectivity index (χ1n) is 8.98. The van der Waals surface area contributed by atoms with E-state index < -0.39 is 0 Å².